The van der Waals surface area contributed by atoms with Crippen LogP contribution >= 0.6 is 11.6 Å². The molecule has 0 bridgehead atoms. The number of ether oxygens (including phenoxy) is 1. The fourth-order valence-corrected chi connectivity index (χ4v) is 1.60. The molecule has 0 saturated heterocycles. The molecule has 2 rings (SSSR count). The van der Waals surface area contributed by atoms with Crippen molar-refractivity contribution in [2.45, 2.75) is 33.4 Å². The smallest absolute Gasteiger partial charge is 0.322 e. The first-order valence-electron chi connectivity index (χ1n) is 6.13. The van der Waals surface area contributed by atoms with Crippen LogP contribution < -0.4 is 10.1 Å². The number of nitrogens with one attached hydrogen (secondary N) is 1. The van der Waals surface area contributed by atoms with Crippen molar-refractivity contribution in [2.75, 3.05) is 5.32 Å². The molecule has 0 aliphatic heterocycles. The minimum absolute atomic E-state index is 0.0363. The molecule has 7 nitrogen and oxygen atoms in total. The predicted molar refractivity (Wildman–Crippen MR) is 74.7 cm³/mol. The molecule has 0 saturated carbocycles. The van der Waals surface area contributed by atoms with E-state index in [2.05, 4.69) is 30.2 Å². The molecule has 8 heteroatoms. The lowest BCUT2D eigenvalue weighted by Gasteiger charge is -2.09. The van der Waals surface area contributed by atoms with Gasteiger partial charge in [-0.1, -0.05) is 0 Å². The average molecular weight is 295 g/mol. The number of rotatable bonds is 5. The van der Waals surface area contributed by atoms with Gasteiger partial charge in [0.15, 0.2) is 0 Å². The van der Waals surface area contributed by atoms with Crippen LogP contribution in [0, 0.1) is 6.92 Å². The Hall–Kier alpha value is -2.02. The summed E-state index contributed by atoms with van der Waals surface area (Å²) in [7, 11) is 0. The van der Waals surface area contributed by atoms with Crippen LogP contribution in [-0.2, 0) is 6.54 Å². The van der Waals surface area contributed by atoms with Crippen LogP contribution in [0.1, 0.15) is 25.4 Å². The van der Waals surface area contributed by atoms with Gasteiger partial charge in [-0.3, -0.25) is 0 Å². The zero-order chi connectivity index (χ0) is 14.5. The number of aryl methyl sites for hydroxylation is 1. The van der Waals surface area contributed by atoms with Gasteiger partial charge in [0.25, 0.3) is 0 Å². The molecule has 0 aliphatic carbocycles. The van der Waals surface area contributed by atoms with Crippen molar-refractivity contribution in [3.63, 3.8) is 0 Å². The lowest BCUT2D eigenvalue weighted by Crippen LogP contribution is -2.12. The van der Waals surface area contributed by atoms with Gasteiger partial charge >= 0.3 is 6.01 Å². The maximum absolute atomic E-state index is 5.83. The standard InChI is InChI=1S/C12H15ClN6O/c1-7(2)20-12-18-10(13)17-11(19-12)15-6-9-4-5-14-8(3)16-9/h4-5,7H,6H2,1-3H3,(H,15,17,18,19). The van der Waals surface area contributed by atoms with Crippen molar-refractivity contribution in [3.8, 4) is 6.01 Å². The molecular weight excluding hydrogens is 280 g/mol. The molecule has 2 aromatic heterocycles. The molecule has 0 unspecified atom stereocenters. The summed E-state index contributed by atoms with van der Waals surface area (Å²) in [6, 6.07) is 2.01. The number of nitrogens with zero attached hydrogens (tertiary/aromatic N) is 5. The van der Waals surface area contributed by atoms with Gasteiger partial charge in [0.2, 0.25) is 11.2 Å². The summed E-state index contributed by atoms with van der Waals surface area (Å²) < 4.78 is 5.39. The van der Waals surface area contributed by atoms with Gasteiger partial charge in [0.05, 0.1) is 18.3 Å². The van der Waals surface area contributed by atoms with Crippen molar-refractivity contribution in [2.24, 2.45) is 0 Å². The molecule has 2 heterocycles. The van der Waals surface area contributed by atoms with Crippen LogP contribution in [0.15, 0.2) is 12.3 Å². The summed E-state index contributed by atoms with van der Waals surface area (Å²) in [5, 5.41) is 3.11. The van der Waals surface area contributed by atoms with Crippen LogP contribution in [-0.4, -0.2) is 31.0 Å². The average Bonchev–Trinajstić information content (AvgIpc) is 2.35. The molecule has 20 heavy (non-hydrogen) atoms. The number of halogens is 1. The maximum atomic E-state index is 5.83. The Labute approximate surface area is 121 Å². The Morgan fingerprint density at radius 2 is 2.05 bits per heavy atom. The van der Waals surface area contributed by atoms with E-state index in [-0.39, 0.29) is 17.4 Å². The van der Waals surface area contributed by atoms with Crippen molar-refractivity contribution in [3.05, 3.63) is 29.1 Å². The lowest BCUT2D eigenvalue weighted by molar-refractivity contribution is 0.222. The fraction of sp³-hybridized carbons (Fsp3) is 0.417. The Bertz CT molecular complexity index is 592. The Morgan fingerprint density at radius 1 is 1.25 bits per heavy atom. The first-order chi connectivity index (χ1) is 9.52. The van der Waals surface area contributed by atoms with Crippen LogP contribution in [0.25, 0.3) is 0 Å². The molecule has 0 aliphatic rings. The predicted octanol–water partition coefficient (Wildman–Crippen LogP) is 2.02. The third-order valence-corrected chi connectivity index (χ3v) is 2.36. The van der Waals surface area contributed by atoms with Crippen molar-refractivity contribution in [1.29, 1.82) is 0 Å². The zero-order valence-electron chi connectivity index (χ0n) is 11.5. The Morgan fingerprint density at radius 3 is 2.75 bits per heavy atom. The molecular formula is C12H15ClN6O. The second kappa shape index (κ2) is 6.42. The number of aromatic nitrogens is 5. The van der Waals surface area contributed by atoms with Crippen molar-refractivity contribution < 1.29 is 4.74 Å². The number of hydrogen-bond donors (Lipinski definition) is 1. The fourth-order valence-electron chi connectivity index (χ4n) is 1.45. The van der Waals surface area contributed by atoms with Crippen LogP contribution in [0.4, 0.5) is 5.95 Å². The van der Waals surface area contributed by atoms with Gasteiger partial charge in [-0.25, -0.2) is 9.97 Å². The summed E-state index contributed by atoms with van der Waals surface area (Å²) >= 11 is 5.83. The summed E-state index contributed by atoms with van der Waals surface area (Å²) in [4.78, 5) is 20.3. The van der Waals surface area contributed by atoms with Gasteiger partial charge in [0.1, 0.15) is 5.82 Å². The van der Waals surface area contributed by atoms with E-state index >= 15 is 0 Å². The van der Waals surface area contributed by atoms with Crippen LogP contribution in [0.2, 0.25) is 5.28 Å². The molecule has 106 valence electrons. The highest BCUT2D eigenvalue weighted by molar-refractivity contribution is 6.28. The van der Waals surface area contributed by atoms with E-state index in [4.69, 9.17) is 16.3 Å². The summed E-state index contributed by atoms with van der Waals surface area (Å²) in [6.45, 7) is 6.06. The molecule has 0 fully saturated rings. The highest BCUT2D eigenvalue weighted by Gasteiger charge is 2.08. The van der Waals surface area contributed by atoms with E-state index < -0.39 is 0 Å². The third-order valence-electron chi connectivity index (χ3n) is 2.19. The monoisotopic (exact) mass is 294 g/mol. The van der Waals surface area contributed by atoms with Gasteiger partial charge in [-0.05, 0) is 38.4 Å². The molecule has 0 aromatic carbocycles. The third kappa shape index (κ3) is 4.27. The lowest BCUT2D eigenvalue weighted by atomic mass is 10.4. The minimum atomic E-state index is -0.0363. The molecule has 0 radical (unpaired) electrons. The van der Waals surface area contributed by atoms with E-state index in [0.717, 1.165) is 5.69 Å². The highest BCUT2D eigenvalue weighted by Crippen LogP contribution is 2.13. The van der Waals surface area contributed by atoms with E-state index in [1.54, 1.807) is 6.20 Å². The largest absolute Gasteiger partial charge is 0.461 e. The van der Waals surface area contributed by atoms with E-state index in [9.17, 15) is 0 Å². The number of anilines is 1. The van der Waals surface area contributed by atoms with Gasteiger partial charge < -0.3 is 10.1 Å². The molecule has 2 aromatic rings. The molecule has 1 N–H and O–H groups in total. The summed E-state index contributed by atoms with van der Waals surface area (Å²) in [5.74, 6) is 1.05. The summed E-state index contributed by atoms with van der Waals surface area (Å²) in [5.41, 5.74) is 0.834. The Kier molecular flexibility index (Phi) is 4.62. The van der Waals surface area contributed by atoms with Crippen molar-refractivity contribution >= 4 is 17.5 Å². The summed E-state index contributed by atoms with van der Waals surface area (Å²) in [6.07, 6.45) is 1.67. The minimum Gasteiger partial charge on any atom is -0.461 e. The van der Waals surface area contributed by atoms with E-state index in [1.807, 2.05) is 26.8 Å². The van der Waals surface area contributed by atoms with Crippen LogP contribution in [0.3, 0.4) is 0 Å². The van der Waals surface area contributed by atoms with Gasteiger partial charge in [-0.15, -0.1) is 0 Å². The normalized spacial score (nSPS) is 10.7. The zero-order valence-corrected chi connectivity index (χ0v) is 12.2. The molecule has 0 spiro atoms. The first-order valence-corrected chi connectivity index (χ1v) is 6.51. The molecule has 0 atom stereocenters. The topological polar surface area (TPSA) is 85.7 Å². The Balaban J connectivity index is 2.07. The first kappa shape index (κ1) is 14.4. The van der Waals surface area contributed by atoms with E-state index in [0.29, 0.717) is 18.3 Å². The van der Waals surface area contributed by atoms with Crippen LogP contribution in [0.5, 0.6) is 6.01 Å². The van der Waals surface area contributed by atoms with Gasteiger partial charge in [-0.2, -0.15) is 15.0 Å². The highest BCUT2D eigenvalue weighted by atomic mass is 35.5. The molecule has 0 amide bonds. The van der Waals surface area contributed by atoms with Gasteiger partial charge in [0, 0.05) is 6.20 Å². The maximum Gasteiger partial charge on any atom is 0.322 e. The van der Waals surface area contributed by atoms with Crippen molar-refractivity contribution in [1.82, 2.24) is 24.9 Å². The van der Waals surface area contributed by atoms with E-state index in [1.165, 1.54) is 0 Å². The second-order valence-electron chi connectivity index (χ2n) is 4.33. The SMILES string of the molecule is Cc1nccc(CNc2nc(Cl)nc(OC(C)C)n2)n1. The quantitative estimate of drug-likeness (QED) is 0.903. The number of hydrogen-bond acceptors (Lipinski definition) is 7. The second-order valence-corrected chi connectivity index (χ2v) is 4.66.